The van der Waals surface area contributed by atoms with Crippen LogP contribution in [0.1, 0.15) is 5.56 Å². The molecule has 9 aromatic rings. The van der Waals surface area contributed by atoms with E-state index in [1.807, 2.05) is 72.8 Å². The summed E-state index contributed by atoms with van der Waals surface area (Å²) >= 11 is 1.37. The number of halogens is 2. The maximum Gasteiger partial charge on any atom is 0.131 e. The number of anilines is 8. The summed E-state index contributed by atoms with van der Waals surface area (Å²) in [6.07, 6.45) is 0. The smallest absolute Gasteiger partial charge is 0.131 e. The Labute approximate surface area is 344 Å². The number of nitrogens with zero attached hydrogens (tertiary/aromatic N) is 5. The van der Waals surface area contributed by atoms with Crippen LogP contribution in [-0.2, 0) is 6.54 Å². The molecule has 0 bridgehead atoms. The molecular weight excluding hydrogens is 757 g/mol. The normalized spacial score (nSPS) is 11.8. The number of hydrogen-bond donors (Lipinski definition) is 2. The van der Waals surface area contributed by atoms with Gasteiger partial charge in [-0.3, -0.25) is 0 Å². The number of hydrogen-bond acceptors (Lipinski definition) is 7. The zero-order valence-corrected chi connectivity index (χ0v) is 32.3. The highest BCUT2D eigenvalue weighted by molar-refractivity contribution is 8.02. The molecule has 0 unspecified atom stereocenters. The Hall–Kier alpha value is -7.43. The molecule has 7 nitrogen and oxygen atoms in total. The van der Waals surface area contributed by atoms with Gasteiger partial charge in [-0.1, -0.05) is 103 Å². The van der Waals surface area contributed by atoms with Gasteiger partial charge in [0.2, 0.25) is 0 Å². The van der Waals surface area contributed by atoms with E-state index in [0.717, 1.165) is 67.8 Å². The molecule has 0 saturated heterocycles. The molecule has 1 aliphatic rings. The second kappa shape index (κ2) is 15.5. The van der Waals surface area contributed by atoms with Gasteiger partial charge >= 0.3 is 0 Å². The molecule has 0 spiro atoms. The van der Waals surface area contributed by atoms with E-state index < -0.39 is 11.6 Å². The van der Waals surface area contributed by atoms with Gasteiger partial charge in [-0.15, -0.1) is 0 Å². The van der Waals surface area contributed by atoms with E-state index in [4.69, 9.17) is 10.2 Å². The molecule has 286 valence electrons. The molecule has 0 amide bonds. The summed E-state index contributed by atoms with van der Waals surface area (Å²) in [6, 6.07) is 61.6. The lowest BCUT2D eigenvalue weighted by atomic mass is 9.93. The monoisotopic (exact) mass is 791 g/mol. The molecule has 59 heavy (non-hydrogen) atoms. The average molecular weight is 792 g/mol. The molecule has 0 saturated carbocycles. The van der Waals surface area contributed by atoms with Crippen molar-refractivity contribution in [2.75, 3.05) is 19.2 Å². The van der Waals surface area contributed by atoms with Crippen LogP contribution in [0, 0.1) is 11.6 Å². The maximum atomic E-state index is 15.0. The molecular formula is C49H35F2N7S. The van der Waals surface area contributed by atoms with Gasteiger partial charge in [0.05, 0.1) is 30.1 Å². The van der Waals surface area contributed by atoms with Crippen LogP contribution in [0.15, 0.2) is 188 Å². The van der Waals surface area contributed by atoms with E-state index in [9.17, 15) is 0 Å². The number of benzene rings is 8. The third-order valence-corrected chi connectivity index (χ3v) is 11.0. The van der Waals surface area contributed by atoms with Crippen LogP contribution >= 0.6 is 12.1 Å². The summed E-state index contributed by atoms with van der Waals surface area (Å²) in [7, 11) is 0. The molecule has 0 aliphatic carbocycles. The largest absolute Gasteiger partial charge is 0.311 e. The molecule has 0 fully saturated rings. The first-order valence-electron chi connectivity index (χ1n) is 19.2. The van der Waals surface area contributed by atoms with Crippen molar-refractivity contribution in [1.82, 2.24) is 15.0 Å². The van der Waals surface area contributed by atoms with Crippen molar-refractivity contribution in [3.8, 4) is 22.3 Å². The zero-order chi connectivity index (χ0) is 39.7. The third kappa shape index (κ3) is 6.79. The Balaban J connectivity index is 1.12. The van der Waals surface area contributed by atoms with E-state index in [1.165, 1.54) is 35.1 Å². The first kappa shape index (κ1) is 35.9. The third-order valence-electron chi connectivity index (χ3n) is 10.4. The molecule has 2 N–H and O–H groups in total. The molecule has 2 heterocycles. The predicted octanol–water partition coefficient (Wildman–Crippen LogP) is 13.4. The topological polar surface area (TPSA) is 61.3 Å². The molecule has 1 aromatic heterocycles. The Bertz CT molecular complexity index is 2620. The lowest BCUT2D eigenvalue weighted by Gasteiger charge is -2.26. The number of nitrogens with one attached hydrogen (secondary N) is 2. The van der Waals surface area contributed by atoms with Crippen molar-refractivity contribution >= 4 is 68.7 Å². The van der Waals surface area contributed by atoms with Gasteiger partial charge in [-0.25, -0.2) is 8.78 Å². The highest BCUT2D eigenvalue weighted by Crippen LogP contribution is 2.52. The summed E-state index contributed by atoms with van der Waals surface area (Å²) in [5.41, 5.74) is 12.3. The molecule has 0 radical (unpaired) electrons. The van der Waals surface area contributed by atoms with Crippen LogP contribution in [0.25, 0.3) is 33.3 Å². The van der Waals surface area contributed by atoms with Gasteiger partial charge < -0.3 is 19.2 Å². The summed E-state index contributed by atoms with van der Waals surface area (Å²) in [5.74, 6) is -1.30. The summed E-state index contributed by atoms with van der Waals surface area (Å²) in [6.45, 7) is -0.184. The molecule has 10 heteroatoms. The van der Waals surface area contributed by atoms with Crippen LogP contribution in [0.3, 0.4) is 0 Å². The van der Waals surface area contributed by atoms with Crippen molar-refractivity contribution in [1.29, 1.82) is 0 Å². The summed E-state index contributed by atoms with van der Waals surface area (Å²) in [5, 5.41) is 9.97. The fraction of sp³-hybridized carbons (Fsp3) is 0.0204. The van der Waals surface area contributed by atoms with Crippen LogP contribution in [0.4, 0.5) is 54.3 Å². The van der Waals surface area contributed by atoms with Crippen LogP contribution in [0.5, 0.6) is 0 Å². The first-order chi connectivity index (χ1) is 29.1. The minimum absolute atomic E-state index is 0.104. The van der Waals surface area contributed by atoms with Gasteiger partial charge in [0.1, 0.15) is 22.7 Å². The van der Waals surface area contributed by atoms with E-state index in [2.05, 4.69) is 116 Å². The number of para-hydroxylation sites is 4. The molecule has 10 rings (SSSR count). The van der Waals surface area contributed by atoms with Crippen LogP contribution in [0.2, 0.25) is 0 Å². The van der Waals surface area contributed by atoms with Crippen molar-refractivity contribution in [3.63, 3.8) is 0 Å². The Kier molecular flexibility index (Phi) is 9.44. The first-order valence-corrected chi connectivity index (χ1v) is 20.0. The average Bonchev–Trinajstić information content (AvgIpc) is 3.94. The number of aromatic nitrogens is 3. The SMILES string of the molecule is Fc1cccc(F)c1Cn1nc2c(-c3ccc(N(c4ccccc4)c4ccccc4)cc3)c3c(c(-c4ccc(N(c5ccccc5)c5ccccc5)cc4)c2n1)NSN3. The highest BCUT2D eigenvalue weighted by Gasteiger charge is 2.29. The highest BCUT2D eigenvalue weighted by atomic mass is 32.2. The van der Waals surface area contributed by atoms with E-state index in [-0.39, 0.29) is 12.1 Å². The maximum absolute atomic E-state index is 15.0. The van der Waals surface area contributed by atoms with Crippen molar-refractivity contribution < 1.29 is 8.78 Å². The van der Waals surface area contributed by atoms with Gasteiger partial charge in [0.25, 0.3) is 0 Å². The predicted molar refractivity (Wildman–Crippen MR) is 238 cm³/mol. The quantitative estimate of drug-likeness (QED) is 0.134. The van der Waals surface area contributed by atoms with E-state index in [0.29, 0.717) is 11.0 Å². The standard InChI is InChI=1S/C49H35F2N7S/c50-42-22-13-23-43(51)41(42)32-56-52-46-44(33-24-28-39(29-25-33)57(35-14-5-1-6-15-35)36-16-7-2-8-17-36)48-49(55-59-54-48)45(47(46)53-56)34-26-30-40(31-27-34)58(37-18-9-3-10-19-37)38-20-11-4-12-21-38/h1-31,54-55H,32H2. The van der Waals surface area contributed by atoms with Gasteiger partial charge in [0.15, 0.2) is 0 Å². The minimum Gasteiger partial charge on any atom is -0.311 e. The van der Waals surface area contributed by atoms with Crippen molar-refractivity contribution in [2.45, 2.75) is 6.54 Å². The van der Waals surface area contributed by atoms with Crippen molar-refractivity contribution in [3.05, 3.63) is 205 Å². The lowest BCUT2D eigenvalue weighted by Crippen LogP contribution is -2.09. The summed E-state index contributed by atoms with van der Waals surface area (Å²) < 4.78 is 37.1. The van der Waals surface area contributed by atoms with Gasteiger partial charge in [-0.2, -0.15) is 15.0 Å². The van der Waals surface area contributed by atoms with E-state index in [1.54, 1.807) is 0 Å². The Morgan fingerprint density at radius 1 is 0.424 bits per heavy atom. The van der Waals surface area contributed by atoms with Crippen LogP contribution in [-0.4, -0.2) is 15.0 Å². The van der Waals surface area contributed by atoms with Crippen LogP contribution < -0.4 is 19.2 Å². The number of rotatable bonds is 10. The fourth-order valence-electron chi connectivity index (χ4n) is 7.72. The molecule has 0 atom stereocenters. The Morgan fingerprint density at radius 2 is 0.763 bits per heavy atom. The van der Waals surface area contributed by atoms with Crippen molar-refractivity contribution in [2.24, 2.45) is 0 Å². The molecule has 8 aromatic carbocycles. The summed E-state index contributed by atoms with van der Waals surface area (Å²) in [4.78, 5) is 5.81. The second-order valence-corrected chi connectivity index (χ2v) is 14.7. The Morgan fingerprint density at radius 3 is 1.12 bits per heavy atom. The second-order valence-electron chi connectivity index (χ2n) is 14.0. The van der Waals surface area contributed by atoms with Gasteiger partial charge in [0, 0.05) is 50.8 Å². The minimum atomic E-state index is -0.650. The zero-order valence-electron chi connectivity index (χ0n) is 31.5. The number of fused-ring (bicyclic) bond motifs is 2. The lowest BCUT2D eigenvalue weighted by molar-refractivity contribution is 0.512. The molecule has 1 aliphatic heterocycles. The van der Waals surface area contributed by atoms with Gasteiger partial charge in [-0.05, 0) is 96.1 Å². The fourth-order valence-corrected chi connectivity index (χ4v) is 8.38. The van der Waals surface area contributed by atoms with E-state index >= 15 is 8.78 Å².